The van der Waals surface area contributed by atoms with Crippen LogP contribution in [0.25, 0.3) is 0 Å². The van der Waals surface area contributed by atoms with E-state index in [2.05, 4.69) is 18.4 Å². The zero-order chi connectivity index (χ0) is 12.5. The fourth-order valence-electron chi connectivity index (χ4n) is 2.21. The Balaban J connectivity index is 3.47. The number of carbonyl (C=O) groups is 1. The van der Waals surface area contributed by atoms with E-state index in [0.29, 0.717) is 11.6 Å². The van der Waals surface area contributed by atoms with Crippen LogP contribution in [0.5, 0.6) is 0 Å². The molecule has 0 aromatic carbocycles. The number of carboxylic acid groups (broad SMARTS) is 1. The van der Waals surface area contributed by atoms with E-state index >= 15 is 0 Å². The number of halogens is 1. The molecule has 1 aromatic rings. The minimum atomic E-state index is -0.890. The molecule has 0 saturated carbocycles. The topological polar surface area (TPSA) is 42.2 Å². The average molecular weight is 244 g/mol. The van der Waals surface area contributed by atoms with E-state index in [9.17, 15) is 9.90 Å². The minimum Gasteiger partial charge on any atom is -0.478 e. The number of rotatable bonds is 4. The van der Waals surface area contributed by atoms with Crippen molar-refractivity contribution in [1.29, 1.82) is 0 Å². The van der Waals surface area contributed by atoms with Gasteiger partial charge >= 0.3 is 5.97 Å². The normalized spacial score (nSPS) is 12.8. The van der Waals surface area contributed by atoms with Crippen LogP contribution in [0.15, 0.2) is 0 Å². The summed E-state index contributed by atoms with van der Waals surface area (Å²) in [6, 6.07) is 0.301. The molecule has 1 N–H and O–H groups in total. The van der Waals surface area contributed by atoms with E-state index in [1.165, 1.54) is 0 Å². The standard InChI is InChI=1S/C12H18ClNO2/c1-5-7(2)14-8(3)10(6-13)11(9(14)4)12(15)16/h7H,5-6H2,1-4H3,(H,15,16)/t7-/m1/s1. The molecule has 90 valence electrons. The van der Waals surface area contributed by atoms with Gasteiger partial charge in [-0.05, 0) is 27.2 Å². The van der Waals surface area contributed by atoms with E-state index in [1.807, 2.05) is 13.8 Å². The molecule has 1 aromatic heterocycles. The van der Waals surface area contributed by atoms with Crippen LogP contribution < -0.4 is 0 Å². The molecule has 0 spiro atoms. The Hall–Kier alpha value is -0.960. The number of alkyl halides is 1. The molecule has 0 aliphatic rings. The van der Waals surface area contributed by atoms with Gasteiger partial charge in [0.05, 0.1) is 11.4 Å². The number of hydrogen-bond donors (Lipinski definition) is 1. The molecule has 0 saturated heterocycles. The lowest BCUT2D eigenvalue weighted by Gasteiger charge is -2.16. The predicted molar refractivity (Wildman–Crippen MR) is 65.4 cm³/mol. The Labute approximate surface area is 101 Å². The van der Waals surface area contributed by atoms with E-state index < -0.39 is 5.97 Å². The van der Waals surface area contributed by atoms with E-state index in [1.54, 1.807) is 0 Å². The van der Waals surface area contributed by atoms with E-state index in [-0.39, 0.29) is 5.88 Å². The molecular formula is C12H18ClNO2. The molecule has 0 amide bonds. The van der Waals surface area contributed by atoms with Crippen LogP contribution in [-0.2, 0) is 5.88 Å². The number of carboxylic acids is 1. The van der Waals surface area contributed by atoms with Gasteiger partial charge in [0.2, 0.25) is 0 Å². The summed E-state index contributed by atoms with van der Waals surface area (Å²) in [4.78, 5) is 11.2. The largest absolute Gasteiger partial charge is 0.478 e. The summed E-state index contributed by atoms with van der Waals surface area (Å²) >= 11 is 5.84. The smallest absolute Gasteiger partial charge is 0.337 e. The summed E-state index contributed by atoms with van der Waals surface area (Å²) in [5.41, 5.74) is 2.88. The Bertz CT molecular complexity index is 410. The van der Waals surface area contributed by atoms with Crippen LogP contribution in [0.4, 0.5) is 0 Å². The Morgan fingerprint density at radius 2 is 2.00 bits per heavy atom. The number of nitrogens with zero attached hydrogens (tertiary/aromatic N) is 1. The first-order valence-electron chi connectivity index (χ1n) is 5.45. The number of aromatic carboxylic acids is 1. The SMILES string of the molecule is CC[C@@H](C)n1c(C)c(CCl)c(C(=O)O)c1C. The molecule has 0 aliphatic heterocycles. The van der Waals surface area contributed by atoms with Gasteiger partial charge in [0, 0.05) is 23.0 Å². The summed E-state index contributed by atoms with van der Waals surface area (Å²) in [6.07, 6.45) is 0.969. The number of hydrogen-bond acceptors (Lipinski definition) is 1. The highest BCUT2D eigenvalue weighted by Gasteiger charge is 2.23. The zero-order valence-electron chi connectivity index (χ0n) is 10.2. The van der Waals surface area contributed by atoms with Gasteiger partial charge in [-0.2, -0.15) is 0 Å². The lowest BCUT2D eigenvalue weighted by Crippen LogP contribution is -2.08. The van der Waals surface area contributed by atoms with Crippen molar-refractivity contribution in [2.24, 2.45) is 0 Å². The maximum absolute atomic E-state index is 11.2. The van der Waals surface area contributed by atoms with Crippen LogP contribution in [0.2, 0.25) is 0 Å². The molecule has 1 atom stereocenters. The van der Waals surface area contributed by atoms with Crippen LogP contribution in [0, 0.1) is 13.8 Å². The van der Waals surface area contributed by atoms with Gasteiger partial charge in [0.15, 0.2) is 0 Å². The summed E-state index contributed by atoms with van der Waals surface area (Å²) in [6.45, 7) is 7.95. The van der Waals surface area contributed by atoms with E-state index in [0.717, 1.165) is 23.4 Å². The number of aromatic nitrogens is 1. The predicted octanol–water partition coefficient (Wildman–Crippen LogP) is 3.51. The fourth-order valence-corrected chi connectivity index (χ4v) is 2.53. The van der Waals surface area contributed by atoms with Gasteiger partial charge < -0.3 is 9.67 Å². The molecule has 3 nitrogen and oxygen atoms in total. The summed E-state index contributed by atoms with van der Waals surface area (Å²) in [5.74, 6) is -0.643. The van der Waals surface area contributed by atoms with Crippen LogP contribution in [-0.4, -0.2) is 15.6 Å². The van der Waals surface area contributed by atoms with Crippen LogP contribution in [0.3, 0.4) is 0 Å². The second kappa shape index (κ2) is 4.91. The Morgan fingerprint density at radius 1 is 1.44 bits per heavy atom. The highest BCUT2D eigenvalue weighted by molar-refractivity contribution is 6.17. The first-order valence-corrected chi connectivity index (χ1v) is 5.98. The maximum atomic E-state index is 11.2. The van der Waals surface area contributed by atoms with Gasteiger partial charge in [-0.25, -0.2) is 4.79 Å². The van der Waals surface area contributed by atoms with Crippen LogP contribution >= 0.6 is 11.6 Å². The highest BCUT2D eigenvalue weighted by Crippen LogP contribution is 2.28. The third-order valence-electron chi connectivity index (χ3n) is 3.20. The van der Waals surface area contributed by atoms with Gasteiger partial charge in [-0.3, -0.25) is 0 Å². The van der Waals surface area contributed by atoms with Gasteiger partial charge in [0.25, 0.3) is 0 Å². The molecule has 0 radical (unpaired) electrons. The lowest BCUT2D eigenvalue weighted by molar-refractivity contribution is 0.0695. The van der Waals surface area contributed by atoms with Gasteiger partial charge in [-0.1, -0.05) is 6.92 Å². The monoisotopic (exact) mass is 243 g/mol. The second-order valence-electron chi connectivity index (χ2n) is 4.09. The molecule has 16 heavy (non-hydrogen) atoms. The average Bonchev–Trinajstić information content (AvgIpc) is 2.48. The van der Waals surface area contributed by atoms with Gasteiger partial charge in [0.1, 0.15) is 0 Å². The molecule has 0 bridgehead atoms. The van der Waals surface area contributed by atoms with Crippen molar-refractivity contribution >= 4 is 17.6 Å². The summed E-state index contributed by atoms with van der Waals surface area (Å²) < 4.78 is 2.07. The van der Waals surface area contributed by atoms with Crippen molar-refractivity contribution in [1.82, 2.24) is 4.57 Å². The first kappa shape index (κ1) is 13.1. The van der Waals surface area contributed by atoms with Crippen molar-refractivity contribution < 1.29 is 9.90 Å². The van der Waals surface area contributed by atoms with Gasteiger partial charge in [-0.15, -0.1) is 11.6 Å². The summed E-state index contributed by atoms with van der Waals surface area (Å²) in [7, 11) is 0. The fraction of sp³-hybridized carbons (Fsp3) is 0.583. The second-order valence-corrected chi connectivity index (χ2v) is 4.36. The Morgan fingerprint density at radius 3 is 2.31 bits per heavy atom. The molecule has 0 aliphatic carbocycles. The minimum absolute atomic E-state index is 0.248. The third kappa shape index (κ3) is 1.96. The van der Waals surface area contributed by atoms with Crippen molar-refractivity contribution in [2.75, 3.05) is 0 Å². The first-order chi connectivity index (χ1) is 7.45. The van der Waals surface area contributed by atoms with Crippen molar-refractivity contribution in [3.8, 4) is 0 Å². The maximum Gasteiger partial charge on any atom is 0.337 e. The third-order valence-corrected chi connectivity index (χ3v) is 3.47. The van der Waals surface area contributed by atoms with Crippen molar-refractivity contribution in [3.63, 3.8) is 0 Å². The molecule has 1 heterocycles. The molecular weight excluding hydrogens is 226 g/mol. The molecule has 0 fully saturated rings. The zero-order valence-corrected chi connectivity index (χ0v) is 10.9. The molecule has 1 rings (SSSR count). The molecule has 4 heteroatoms. The van der Waals surface area contributed by atoms with Crippen molar-refractivity contribution in [2.45, 2.75) is 46.0 Å². The lowest BCUT2D eigenvalue weighted by atomic mass is 10.1. The highest BCUT2D eigenvalue weighted by atomic mass is 35.5. The van der Waals surface area contributed by atoms with Crippen LogP contribution in [0.1, 0.15) is 53.6 Å². The molecule has 0 unspecified atom stereocenters. The summed E-state index contributed by atoms with van der Waals surface area (Å²) in [5, 5.41) is 9.20. The van der Waals surface area contributed by atoms with Crippen molar-refractivity contribution in [3.05, 3.63) is 22.5 Å². The quantitative estimate of drug-likeness (QED) is 0.823. The Kier molecular flexibility index (Phi) is 4.03. The van der Waals surface area contributed by atoms with E-state index in [4.69, 9.17) is 11.6 Å².